The first kappa shape index (κ1) is 53.2. The van der Waals surface area contributed by atoms with Crippen molar-refractivity contribution in [3.63, 3.8) is 0 Å². The molecule has 0 spiro atoms. The molecule has 1 unspecified atom stereocenters. The third kappa shape index (κ3) is 41.7. The predicted octanol–water partition coefficient (Wildman–Crippen LogP) is 12.5. The van der Waals surface area contributed by atoms with Gasteiger partial charge in [0.2, 0.25) is 0 Å². The van der Waals surface area contributed by atoms with Gasteiger partial charge in [-0.25, -0.2) is 4.57 Å². The minimum absolute atomic E-state index is 0.0240. The van der Waals surface area contributed by atoms with E-state index in [9.17, 15) is 19.0 Å². The summed E-state index contributed by atoms with van der Waals surface area (Å²) in [6, 6.07) is 0. The Labute approximate surface area is 338 Å². The molecule has 1 N–H and O–H groups in total. The van der Waals surface area contributed by atoms with E-state index in [1.165, 1.54) is 96.3 Å². The molecule has 0 saturated carbocycles. The van der Waals surface area contributed by atoms with Crippen molar-refractivity contribution in [1.29, 1.82) is 0 Å². The third-order valence-corrected chi connectivity index (χ3v) is 10.4. The minimum atomic E-state index is -4.38. The minimum Gasteiger partial charge on any atom is -0.462 e. The molecule has 0 aliphatic carbocycles. The number of hydrogen-bond acceptors (Lipinski definition) is 7. The lowest BCUT2D eigenvalue weighted by atomic mass is 10.1. The van der Waals surface area contributed by atoms with E-state index in [-0.39, 0.29) is 26.1 Å². The molecule has 9 nitrogen and oxygen atoms in total. The summed E-state index contributed by atoms with van der Waals surface area (Å²) in [4.78, 5) is 35.3. The van der Waals surface area contributed by atoms with E-state index >= 15 is 0 Å². The number of allylic oxidation sites excluding steroid dienone is 6. The second-order valence-electron chi connectivity index (χ2n) is 16.1. The number of likely N-dealkylation sites (N-methyl/N-ethyl adjacent to an activating group) is 1. The van der Waals surface area contributed by atoms with Crippen LogP contribution in [0.1, 0.15) is 187 Å². The Morgan fingerprint density at radius 1 is 0.564 bits per heavy atom. The molecule has 0 fully saturated rings. The highest BCUT2D eigenvalue weighted by Gasteiger charge is 2.27. The molecule has 0 aromatic rings. The normalized spacial score (nSPS) is 13.9. The number of hydrogen-bond donors (Lipinski definition) is 1. The van der Waals surface area contributed by atoms with Gasteiger partial charge < -0.3 is 18.9 Å². The molecule has 322 valence electrons. The number of phosphoric acid groups is 1. The van der Waals surface area contributed by atoms with Gasteiger partial charge in [0.25, 0.3) is 0 Å². The van der Waals surface area contributed by atoms with Crippen molar-refractivity contribution in [2.45, 2.75) is 193 Å². The number of carbonyl (C=O) groups excluding carboxylic acids is 2. The van der Waals surface area contributed by atoms with Crippen molar-refractivity contribution in [2.75, 3.05) is 47.5 Å². The van der Waals surface area contributed by atoms with Crippen LogP contribution in [0.4, 0.5) is 0 Å². The van der Waals surface area contributed by atoms with Gasteiger partial charge in [-0.1, -0.05) is 147 Å². The molecule has 0 aliphatic rings. The average Bonchev–Trinajstić information content (AvgIpc) is 3.13. The van der Waals surface area contributed by atoms with Crippen molar-refractivity contribution >= 4 is 19.8 Å². The molecular formula is C45H85NO8P+. The summed E-state index contributed by atoms with van der Waals surface area (Å²) in [6.45, 7) is 4.36. The topological polar surface area (TPSA) is 108 Å². The highest BCUT2D eigenvalue weighted by atomic mass is 31.2. The fraction of sp³-hybridized carbons (Fsp3) is 0.822. The molecule has 0 radical (unpaired) electrons. The quantitative estimate of drug-likeness (QED) is 0.0215. The molecule has 0 bridgehead atoms. The maximum Gasteiger partial charge on any atom is 0.472 e. The monoisotopic (exact) mass is 799 g/mol. The van der Waals surface area contributed by atoms with E-state index in [0.29, 0.717) is 23.9 Å². The number of nitrogens with zero attached hydrogens (tertiary/aromatic N) is 1. The maximum absolute atomic E-state index is 12.7. The highest BCUT2D eigenvalue weighted by molar-refractivity contribution is 7.47. The molecule has 0 aliphatic heterocycles. The first-order valence-electron chi connectivity index (χ1n) is 22.2. The lowest BCUT2D eigenvalue weighted by Crippen LogP contribution is -2.37. The maximum atomic E-state index is 12.7. The molecule has 10 heteroatoms. The van der Waals surface area contributed by atoms with E-state index in [2.05, 4.69) is 50.3 Å². The van der Waals surface area contributed by atoms with Crippen LogP contribution >= 0.6 is 7.82 Å². The lowest BCUT2D eigenvalue weighted by Gasteiger charge is -2.24. The van der Waals surface area contributed by atoms with Gasteiger partial charge >= 0.3 is 19.8 Å². The first-order valence-corrected chi connectivity index (χ1v) is 23.7. The number of unbranched alkanes of at least 4 members (excludes halogenated alkanes) is 20. The van der Waals surface area contributed by atoms with Crippen LogP contribution in [0, 0.1) is 0 Å². The Balaban J connectivity index is 4.42. The molecule has 0 saturated heterocycles. The molecule has 0 heterocycles. The number of rotatable bonds is 40. The molecule has 0 aromatic carbocycles. The van der Waals surface area contributed by atoms with Crippen molar-refractivity contribution < 1.29 is 42.1 Å². The van der Waals surface area contributed by atoms with Gasteiger partial charge in [-0.2, -0.15) is 0 Å². The zero-order valence-corrected chi connectivity index (χ0v) is 37.1. The lowest BCUT2D eigenvalue weighted by molar-refractivity contribution is -0.870. The summed E-state index contributed by atoms with van der Waals surface area (Å²) in [5.41, 5.74) is 0. The zero-order valence-electron chi connectivity index (χ0n) is 36.2. The fourth-order valence-corrected chi connectivity index (χ4v) is 6.61. The van der Waals surface area contributed by atoms with Crippen LogP contribution in [0.5, 0.6) is 0 Å². The van der Waals surface area contributed by atoms with Crippen LogP contribution < -0.4 is 0 Å². The van der Waals surface area contributed by atoms with Gasteiger partial charge in [-0.3, -0.25) is 18.6 Å². The van der Waals surface area contributed by atoms with Crippen LogP contribution in [0.2, 0.25) is 0 Å². The second kappa shape index (κ2) is 37.8. The second-order valence-corrected chi connectivity index (χ2v) is 17.5. The van der Waals surface area contributed by atoms with Crippen molar-refractivity contribution in [2.24, 2.45) is 0 Å². The van der Waals surface area contributed by atoms with Crippen LogP contribution in [0.15, 0.2) is 36.5 Å². The SMILES string of the molecule is CCCCCCC/C=C/CCCCCCCC(=O)O[C@H](COC(=O)CCC/C=C/C/C=C/CCCCCCCCCCC)COP(=O)(O)OCC[N+](C)(C)C. The largest absolute Gasteiger partial charge is 0.472 e. The first-order chi connectivity index (χ1) is 26.5. The Kier molecular flexibility index (Phi) is 36.6. The number of ether oxygens (including phenoxy) is 2. The highest BCUT2D eigenvalue weighted by Crippen LogP contribution is 2.43. The number of phosphoric ester groups is 1. The van der Waals surface area contributed by atoms with Crippen molar-refractivity contribution in [3.8, 4) is 0 Å². The predicted molar refractivity (Wildman–Crippen MR) is 229 cm³/mol. The van der Waals surface area contributed by atoms with E-state index in [1.54, 1.807) is 0 Å². The molecule has 0 amide bonds. The van der Waals surface area contributed by atoms with Gasteiger partial charge in [0, 0.05) is 12.8 Å². The summed E-state index contributed by atoms with van der Waals surface area (Å²) in [5.74, 6) is -0.860. The Hall–Kier alpha value is -1.77. The summed E-state index contributed by atoms with van der Waals surface area (Å²) in [7, 11) is 1.45. The molecular weight excluding hydrogens is 713 g/mol. The number of quaternary nitrogens is 1. The van der Waals surface area contributed by atoms with E-state index in [4.69, 9.17) is 18.5 Å². The van der Waals surface area contributed by atoms with Gasteiger partial charge in [0.05, 0.1) is 27.7 Å². The molecule has 0 rings (SSSR count). The molecule has 55 heavy (non-hydrogen) atoms. The number of carbonyl (C=O) groups is 2. The summed E-state index contributed by atoms with van der Waals surface area (Å²) >= 11 is 0. The van der Waals surface area contributed by atoms with Crippen LogP contribution in [-0.2, 0) is 32.7 Å². The third-order valence-electron chi connectivity index (χ3n) is 9.39. The Bertz CT molecular complexity index is 1040. The molecule has 0 aromatic heterocycles. The van der Waals surface area contributed by atoms with Crippen LogP contribution in [0.3, 0.4) is 0 Å². The van der Waals surface area contributed by atoms with Gasteiger partial charge in [0.15, 0.2) is 6.10 Å². The smallest absolute Gasteiger partial charge is 0.462 e. The van der Waals surface area contributed by atoms with E-state index in [1.807, 2.05) is 21.1 Å². The Morgan fingerprint density at radius 2 is 1.00 bits per heavy atom. The zero-order chi connectivity index (χ0) is 40.7. The summed E-state index contributed by atoms with van der Waals surface area (Å²) < 4.78 is 34.2. The van der Waals surface area contributed by atoms with E-state index in [0.717, 1.165) is 51.4 Å². The Morgan fingerprint density at radius 3 is 1.51 bits per heavy atom. The van der Waals surface area contributed by atoms with Crippen LogP contribution in [0.25, 0.3) is 0 Å². The number of esters is 2. The standard InChI is InChI=1S/C45H84NO8P/c1-6-8-10-12-14-16-18-20-22-23-24-26-27-29-31-33-35-37-44(47)51-41-43(42-53-55(49,50)52-40-39-46(3,4)5)54-45(48)38-36-34-32-30-28-25-21-19-17-15-13-11-9-7-2/h19,21,24,26,29,31,43H,6-18,20,22-23,25,27-28,30,32-42H2,1-5H3/p+1/b21-19+,26-24+,31-29+/t43-/m1/s1. The van der Waals surface area contributed by atoms with Crippen molar-refractivity contribution in [3.05, 3.63) is 36.5 Å². The van der Waals surface area contributed by atoms with Crippen LogP contribution in [-0.4, -0.2) is 74.9 Å². The summed E-state index contributed by atoms with van der Waals surface area (Å²) in [5, 5.41) is 0. The summed E-state index contributed by atoms with van der Waals surface area (Å²) in [6.07, 6.45) is 42.0. The van der Waals surface area contributed by atoms with Gasteiger partial charge in [-0.05, 0) is 64.2 Å². The van der Waals surface area contributed by atoms with Gasteiger partial charge in [-0.15, -0.1) is 0 Å². The molecule has 2 atom stereocenters. The van der Waals surface area contributed by atoms with Crippen molar-refractivity contribution in [1.82, 2.24) is 0 Å². The fourth-order valence-electron chi connectivity index (χ4n) is 5.87. The van der Waals surface area contributed by atoms with Gasteiger partial charge in [0.1, 0.15) is 19.8 Å². The average molecular weight is 799 g/mol. The van der Waals surface area contributed by atoms with E-state index < -0.39 is 32.5 Å².